The predicted molar refractivity (Wildman–Crippen MR) is 66.4 cm³/mol. The van der Waals surface area contributed by atoms with Crippen LogP contribution >= 0.6 is 0 Å². The Kier molecular flexibility index (Phi) is 2.25. The number of benzene rings is 2. The molecule has 0 aromatic heterocycles. The van der Waals surface area contributed by atoms with Gasteiger partial charge in [0, 0.05) is 11.1 Å². The molecule has 0 saturated heterocycles. The molecule has 4 N–H and O–H groups in total. The zero-order valence-corrected chi connectivity index (χ0v) is 9.91. The molecular weight excluding hydrogens is 264 g/mol. The first-order valence-corrected chi connectivity index (χ1v) is 5.62. The van der Waals surface area contributed by atoms with E-state index in [0.29, 0.717) is 0 Å². The normalized spacial score (nSPS) is 13.0. The quantitative estimate of drug-likeness (QED) is 0.458. The van der Waals surface area contributed by atoms with Crippen LogP contribution < -0.4 is 0 Å². The van der Waals surface area contributed by atoms with Crippen LogP contribution in [0.5, 0.6) is 23.0 Å². The van der Waals surface area contributed by atoms with Crippen LogP contribution in [0.25, 0.3) is 0 Å². The third kappa shape index (κ3) is 1.33. The van der Waals surface area contributed by atoms with Gasteiger partial charge in [-0.3, -0.25) is 9.59 Å². The van der Waals surface area contributed by atoms with Crippen molar-refractivity contribution in [1.29, 1.82) is 0 Å². The summed E-state index contributed by atoms with van der Waals surface area (Å²) in [7, 11) is 0. The molecule has 6 nitrogen and oxygen atoms in total. The summed E-state index contributed by atoms with van der Waals surface area (Å²) in [6.07, 6.45) is 0. The third-order valence-corrected chi connectivity index (χ3v) is 3.26. The SMILES string of the molecule is O=C1c2ccc(O)c(O)c2C(=O)c2c1ccc(O)c2O. The lowest BCUT2D eigenvalue weighted by molar-refractivity contribution is 0.0973. The van der Waals surface area contributed by atoms with Gasteiger partial charge in [0.05, 0.1) is 11.1 Å². The highest BCUT2D eigenvalue weighted by atomic mass is 16.3. The van der Waals surface area contributed by atoms with Crippen LogP contribution in [0.1, 0.15) is 31.8 Å². The fourth-order valence-electron chi connectivity index (χ4n) is 2.27. The fraction of sp³-hybridized carbons (Fsp3) is 0. The smallest absolute Gasteiger partial charge is 0.202 e. The highest BCUT2D eigenvalue weighted by Crippen LogP contribution is 2.42. The summed E-state index contributed by atoms with van der Waals surface area (Å²) in [4.78, 5) is 24.5. The Morgan fingerprint density at radius 2 is 1.00 bits per heavy atom. The van der Waals surface area contributed by atoms with Crippen molar-refractivity contribution < 1.29 is 30.0 Å². The van der Waals surface area contributed by atoms with Crippen LogP contribution in [0.2, 0.25) is 0 Å². The van der Waals surface area contributed by atoms with Crippen molar-refractivity contribution in [1.82, 2.24) is 0 Å². The van der Waals surface area contributed by atoms with E-state index >= 15 is 0 Å². The fourth-order valence-corrected chi connectivity index (χ4v) is 2.27. The van der Waals surface area contributed by atoms with E-state index in [4.69, 9.17) is 0 Å². The first-order valence-electron chi connectivity index (χ1n) is 5.62. The van der Waals surface area contributed by atoms with Crippen LogP contribution in [0, 0.1) is 0 Å². The number of hydrogen-bond donors (Lipinski definition) is 4. The van der Waals surface area contributed by atoms with Gasteiger partial charge in [-0.1, -0.05) is 0 Å². The molecule has 0 radical (unpaired) electrons. The largest absolute Gasteiger partial charge is 0.504 e. The molecule has 1 aliphatic rings. The maximum atomic E-state index is 12.3. The molecule has 2 aromatic carbocycles. The summed E-state index contributed by atoms with van der Waals surface area (Å²) in [6.45, 7) is 0. The van der Waals surface area contributed by atoms with Crippen molar-refractivity contribution in [3.8, 4) is 23.0 Å². The lowest BCUT2D eigenvalue weighted by Gasteiger charge is -2.19. The molecule has 0 amide bonds. The molecule has 0 spiro atoms. The Morgan fingerprint density at radius 1 is 0.600 bits per heavy atom. The Balaban J connectivity index is 2.41. The summed E-state index contributed by atoms with van der Waals surface area (Å²) in [5, 5.41) is 38.4. The Hall–Kier alpha value is -3.02. The molecule has 0 heterocycles. The number of phenols is 4. The molecule has 1 aliphatic carbocycles. The molecule has 0 fully saturated rings. The van der Waals surface area contributed by atoms with E-state index in [2.05, 4.69) is 0 Å². The topological polar surface area (TPSA) is 115 Å². The van der Waals surface area contributed by atoms with Crippen LogP contribution in [-0.2, 0) is 0 Å². The number of fused-ring (bicyclic) bond motifs is 2. The van der Waals surface area contributed by atoms with Gasteiger partial charge in [-0.2, -0.15) is 0 Å². The molecule has 0 bridgehead atoms. The number of rotatable bonds is 0. The van der Waals surface area contributed by atoms with Gasteiger partial charge in [-0.15, -0.1) is 0 Å². The minimum atomic E-state index is -0.837. The molecule has 0 aliphatic heterocycles. The minimum absolute atomic E-state index is 0.0668. The van der Waals surface area contributed by atoms with Crippen molar-refractivity contribution in [2.45, 2.75) is 0 Å². The summed E-state index contributed by atoms with van der Waals surface area (Å²) < 4.78 is 0. The van der Waals surface area contributed by atoms with E-state index in [1.54, 1.807) is 0 Å². The predicted octanol–water partition coefficient (Wildman–Crippen LogP) is 1.28. The van der Waals surface area contributed by atoms with E-state index in [9.17, 15) is 30.0 Å². The average Bonchev–Trinajstić information content (AvgIpc) is 2.42. The standard InChI is InChI=1S/C14H8O6/c15-7-3-1-5-9(12(7)18)14(20)10-6(11(5)17)2-4-8(16)13(10)19/h1-4,15-16,18-19H. The number of hydrogen-bond acceptors (Lipinski definition) is 6. The summed E-state index contributed by atoms with van der Waals surface area (Å²) in [5.74, 6) is -3.97. The van der Waals surface area contributed by atoms with Crippen LogP contribution in [0.15, 0.2) is 24.3 Å². The van der Waals surface area contributed by atoms with Gasteiger partial charge in [0.15, 0.2) is 28.8 Å². The molecule has 3 rings (SSSR count). The van der Waals surface area contributed by atoms with Gasteiger partial charge in [-0.05, 0) is 24.3 Å². The van der Waals surface area contributed by atoms with Crippen molar-refractivity contribution in [2.75, 3.05) is 0 Å². The van der Waals surface area contributed by atoms with E-state index in [-0.39, 0.29) is 22.3 Å². The van der Waals surface area contributed by atoms with E-state index in [1.165, 1.54) is 12.1 Å². The van der Waals surface area contributed by atoms with Crippen molar-refractivity contribution in [2.24, 2.45) is 0 Å². The maximum absolute atomic E-state index is 12.3. The highest BCUT2D eigenvalue weighted by Gasteiger charge is 2.35. The zero-order chi connectivity index (χ0) is 14.6. The number of carbonyl (C=O) groups is 2. The van der Waals surface area contributed by atoms with Gasteiger partial charge in [0.1, 0.15) is 0 Å². The third-order valence-electron chi connectivity index (χ3n) is 3.26. The van der Waals surface area contributed by atoms with Gasteiger partial charge in [-0.25, -0.2) is 0 Å². The molecule has 20 heavy (non-hydrogen) atoms. The Labute approximate surface area is 112 Å². The molecule has 0 atom stereocenters. The second kappa shape index (κ2) is 3.74. The van der Waals surface area contributed by atoms with Gasteiger partial charge < -0.3 is 20.4 Å². The molecule has 2 aromatic rings. The molecule has 6 heteroatoms. The molecule has 0 unspecified atom stereocenters. The number of ketones is 2. The zero-order valence-electron chi connectivity index (χ0n) is 9.91. The molecular formula is C14H8O6. The number of phenolic OH excluding ortho intramolecular Hbond substituents is 4. The van der Waals surface area contributed by atoms with Crippen molar-refractivity contribution in [3.63, 3.8) is 0 Å². The molecule has 100 valence electrons. The van der Waals surface area contributed by atoms with Gasteiger partial charge in [0.25, 0.3) is 0 Å². The number of carbonyl (C=O) groups excluding carboxylic acids is 2. The minimum Gasteiger partial charge on any atom is -0.504 e. The lowest BCUT2D eigenvalue weighted by Crippen LogP contribution is -2.21. The van der Waals surface area contributed by atoms with Gasteiger partial charge >= 0.3 is 0 Å². The summed E-state index contributed by atoms with van der Waals surface area (Å²) >= 11 is 0. The van der Waals surface area contributed by atoms with E-state index in [0.717, 1.165) is 12.1 Å². The Bertz CT molecular complexity index is 727. The first kappa shape index (κ1) is 12.0. The van der Waals surface area contributed by atoms with Gasteiger partial charge in [0.2, 0.25) is 5.78 Å². The summed E-state index contributed by atoms with van der Waals surface area (Å²) in [5.41, 5.74) is -0.905. The Morgan fingerprint density at radius 3 is 1.40 bits per heavy atom. The lowest BCUT2D eigenvalue weighted by atomic mass is 9.83. The van der Waals surface area contributed by atoms with Crippen LogP contribution in [0.4, 0.5) is 0 Å². The first-order chi connectivity index (χ1) is 9.43. The van der Waals surface area contributed by atoms with Crippen LogP contribution in [0.3, 0.4) is 0 Å². The highest BCUT2D eigenvalue weighted by molar-refractivity contribution is 6.30. The monoisotopic (exact) mass is 272 g/mol. The van der Waals surface area contributed by atoms with Crippen molar-refractivity contribution >= 4 is 11.6 Å². The maximum Gasteiger partial charge on any atom is 0.202 e. The second-order valence-corrected chi connectivity index (χ2v) is 4.37. The van der Waals surface area contributed by atoms with E-state index < -0.39 is 34.6 Å². The van der Waals surface area contributed by atoms with E-state index in [1.807, 2.05) is 0 Å². The second-order valence-electron chi connectivity index (χ2n) is 4.37. The van der Waals surface area contributed by atoms with Crippen LogP contribution in [-0.4, -0.2) is 32.0 Å². The van der Waals surface area contributed by atoms with Crippen molar-refractivity contribution in [3.05, 3.63) is 46.5 Å². The average molecular weight is 272 g/mol. The molecule has 0 saturated carbocycles. The summed E-state index contributed by atoms with van der Waals surface area (Å²) in [6, 6.07) is 4.64. The number of aromatic hydroxyl groups is 4.